The number of carbonyl (C=O) groups excluding carboxylic acids is 3. The van der Waals surface area contributed by atoms with Crippen LogP contribution in [0.4, 0.5) is 14.9 Å². The number of amides is 3. The van der Waals surface area contributed by atoms with E-state index in [1.807, 2.05) is 19.2 Å². The van der Waals surface area contributed by atoms with Gasteiger partial charge in [-0.15, -0.1) is 0 Å². The van der Waals surface area contributed by atoms with Crippen molar-refractivity contribution in [2.75, 3.05) is 32.5 Å². The zero-order valence-electron chi connectivity index (χ0n) is 22.3. The Morgan fingerprint density at radius 3 is 2.43 bits per heavy atom. The molecule has 0 heterocycles. The van der Waals surface area contributed by atoms with Crippen LogP contribution < -0.4 is 10.6 Å². The summed E-state index contributed by atoms with van der Waals surface area (Å²) in [5.74, 6) is -0.0256. The highest BCUT2D eigenvalue weighted by Gasteiger charge is 2.34. The van der Waals surface area contributed by atoms with Crippen molar-refractivity contribution < 1.29 is 18.8 Å². The fourth-order valence-electron chi connectivity index (χ4n) is 5.06. The molecule has 0 aromatic heterocycles. The van der Waals surface area contributed by atoms with Crippen LogP contribution in [0.1, 0.15) is 55.5 Å². The summed E-state index contributed by atoms with van der Waals surface area (Å²) in [5.41, 5.74) is 2.22. The molecule has 1 saturated carbocycles. The van der Waals surface area contributed by atoms with E-state index in [2.05, 4.69) is 22.6 Å². The second-order valence-corrected chi connectivity index (χ2v) is 10.2. The maximum absolute atomic E-state index is 13.1. The molecule has 2 aromatic rings. The van der Waals surface area contributed by atoms with E-state index in [1.54, 1.807) is 36.1 Å². The molecule has 0 radical (unpaired) electrons. The second kappa shape index (κ2) is 13.3. The maximum atomic E-state index is 13.1. The van der Waals surface area contributed by atoms with Crippen LogP contribution in [0.15, 0.2) is 48.5 Å². The summed E-state index contributed by atoms with van der Waals surface area (Å²) in [5, 5.41) is 6.01. The number of ketones is 1. The van der Waals surface area contributed by atoms with Crippen LogP contribution in [0.2, 0.25) is 0 Å². The van der Waals surface area contributed by atoms with Gasteiger partial charge in [0.2, 0.25) is 5.91 Å². The first kappa shape index (κ1) is 28.3. The minimum Gasteiger partial charge on any atom is -0.343 e. The Kier molecular flexibility index (Phi) is 10.2. The highest BCUT2D eigenvalue weighted by Crippen LogP contribution is 2.29. The van der Waals surface area contributed by atoms with E-state index in [1.165, 1.54) is 19.1 Å². The van der Waals surface area contributed by atoms with Gasteiger partial charge in [0.05, 0.1) is 0 Å². The predicted molar refractivity (Wildman–Crippen MR) is 144 cm³/mol. The van der Waals surface area contributed by atoms with E-state index in [4.69, 9.17) is 0 Å². The molecular weight excluding hydrogens is 471 g/mol. The summed E-state index contributed by atoms with van der Waals surface area (Å²) in [6.45, 7) is 4.78. The van der Waals surface area contributed by atoms with E-state index in [9.17, 15) is 18.8 Å². The van der Waals surface area contributed by atoms with Crippen molar-refractivity contribution in [1.82, 2.24) is 15.1 Å². The number of nitrogens with zero attached hydrogens (tertiary/aromatic N) is 2. The molecule has 37 heavy (non-hydrogen) atoms. The lowest BCUT2D eigenvalue weighted by Crippen LogP contribution is -2.53. The number of anilines is 1. The largest absolute Gasteiger partial charge is 0.343 e. The lowest BCUT2D eigenvalue weighted by molar-refractivity contribution is -0.130. The Balaban J connectivity index is 1.60. The summed E-state index contributed by atoms with van der Waals surface area (Å²) in [6.07, 6.45) is 4.31. The number of urea groups is 1. The van der Waals surface area contributed by atoms with Gasteiger partial charge < -0.3 is 20.4 Å². The van der Waals surface area contributed by atoms with Crippen LogP contribution >= 0.6 is 0 Å². The smallest absolute Gasteiger partial charge is 0.319 e. The highest BCUT2D eigenvalue weighted by molar-refractivity contribution is 5.96. The SMILES string of the molecule is CC(=O)c1cccc(NC(=O)N[C@@H]2C[C@H](N(C)C(C)=O)CC[C@H]2CN(C)CCCc2ccc(F)cc2)c1. The van der Waals surface area contributed by atoms with Gasteiger partial charge in [-0.3, -0.25) is 9.59 Å². The fraction of sp³-hybridized carbons (Fsp3) is 0.483. The molecule has 3 rings (SSSR count). The molecule has 2 aromatic carbocycles. The number of carbonyl (C=O) groups is 3. The van der Waals surface area contributed by atoms with E-state index in [-0.39, 0.29) is 41.5 Å². The standard InChI is InChI=1S/C29H39FN4O3/c1-20(35)23-8-5-9-26(17-23)31-29(37)32-28-18-27(34(4)21(2)36)15-12-24(28)19-33(3)16-6-7-22-10-13-25(30)14-11-22/h5,8-11,13-14,17,24,27-28H,6-7,12,15-16,18-19H2,1-4H3,(H2,31,32,37)/t24-,27+,28+/m0/s1. The molecule has 2 N–H and O–H groups in total. The van der Waals surface area contributed by atoms with Gasteiger partial charge in [-0.25, -0.2) is 9.18 Å². The van der Waals surface area contributed by atoms with Crippen molar-refractivity contribution in [2.24, 2.45) is 5.92 Å². The topological polar surface area (TPSA) is 81.8 Å². The third-order valence-corrected chi connectivity index (χ3v) is 7.32. The van der Waals surface area contributed by atoms with Gasteiger partial charge in [0.25, 0.3) is 0 Å². The zero-order chi connectivity index (χ0) is 26.9. The normalized spacial score (nSPS) is 19.4. The summed E-state index contributed by atoms with van der Waals surface area (Å²) in [6, 6.07) is 13.2. The van der Waals surface area contributed by atoms with Gasteiger partial charge in [-0.05, 0) is 88.4 Å². The Bertz CT molecular complexity index is 1080. The third-order valence-electron chi connectivity index (χ3n) is 7.32. The summed E-state index contributed by atoms with van der Waals surface area (Å²) < 4.78 is 13.1. The molecule has 200 valence electrons. The van der Waals surface area contributed by atoms with Crippen molar-refractivity contribution in [3.05, 3.63) is 65.5 Å². The molecule has 1 fully saturated rings. The second-order valence-electron chi connectivity index (χ2n) is 10.2. The van der Waals surface area contributed by atoms with E-state index < -0.39 is 0 Å². The average molecular weight is 511 g/mol. The highest BCUT2D eigenvalue weighted by atomic mass is 19.1. The van der Waals surface area contributed by atoms with Crippen LogP contribution in [0.5, 0.6) is 0 Å². The summed E-state index contributed by atoms with van der Waals surface area (Å²) in [4.78, 5) is 40.7. The van der Waals surface area contributed by atoms with Gasteiger partial charge in [0.1, 0.15) is 5.82 Å². The zero-order valence-corrected chi connectivity index (χ0v) is 22.3. The number of Topliss-reactive ketones (excluding diaryl/α,β-unsaturated/α-hetero) is 1. The van der Waals surface area contributed by atoms with E-state index >= 15 is 0 Å². The number of hydrogen-bond acceptors (Lipinski definition) is 4. The van der Waals surface area contributed by atoms with Crippen molar-refractivity contribution in [2.45, 2.75) is 58.0 Å². The number of hydrogen-bond donors (Lipinski definition) is 2. The minimum atomic E-state index is -0.319. The third kappa shape index (κ3) is 8.67. The molecule has 8 heteroatoms. The number of benzene rings is 2. The molecule has 0 bridgehead atoms. The lowest BCUT2D eigenvalue weighted by atomic mass is 9.80. The molecule has 0 spiro atoms. The molecule has 7 nitrogen and oxygen atoms in total. The maximum Gasteiger partial charge on any atom is 0.319 e. The predicted octanol–water partition coefficient (Wildman–Crippen LogP) is 4.73. The molecular formula is C29H39FN4O3. The van der Waals surface area contributed by atoms with Gasteiger partial charge in [-0.2, -0.15) is 0 Å². The number of nitrogens with one attached hydrogen (secondary N) is 2. The first-order valence-electron chi connectivity index (χ1n) is 13.0. The van der Waals surface area contributed by atoms with Crippen LogP contribution in [-0.2, 0) is 11.2 Å². The number of rotatable bonds is 10. The van der Waals surface area contributed by atoms with E-state index in [0.717, 1.165) is 44.3 Å². The van der Waals surface area contributed by atoms with E-state index in [0.29, 0.717) is 17.7 Å². The van der Waals surface area contributed by atoms with Crippen LogP contribution in [0, 0.1) is 11.7 Å². The van der Waals surface area contributed by atoms with Crippen molar-refractivity contribution in [3.8, 4) is 0 Å². The molecule has 1 aliphatic rings. The Morgan fingerprint density at radius 2 is 1.76 bits per heavy atom. The first-order valence-corrected chi connectivity index (χ1v) is 13.0. The van der Waals surface area contributed by atoms with Gasteiger partial charge in [0.15, 0.2) is 5.78 Å². The molecule has 0 unspecified atom stereocenters. The van der Waals surface area contributed by atoms with Gasteiger partial charge >= 0.3 is 6.03 Å². The first-order chi connectivity index (χ1) is 17.6. The molecule has 1 aliphatic carbocycles. The van der Waals surface area contributed by atoms with Crippen molar-refractivity contribution >= 4 is 23.4 Å². The molecule has 0 saturated heterocycles. The molecule has 0 aliphatic heterocycles. The minimum absolute atomic E-state index is 0.0191. The van der Waals surface area contributed by atoms with Crippen LogP contribution in [0.25, 0.3) is 0 Å². The average Bonchev–Trinajstić information content (AvgIpc) is 2.86. The van der Waals surface area contributed by atoms with Gasteiger partial charge in [0, 0.05) is 43.9 Å². The van der Waals surface area contributed by atoms with Crippen molar-refractivity contribution in [1.29, 1.82) is 0 Å². The monoisotopic (exact) mass is 510 g/mol. The quantitative estimate of drug-likeness (QED) is 0.453. The van der Waals surface area contributed by atoms with Crippen LogP contribution in [-0.4, -0.2) is 66.8 Å². The molecule has 3 atom stereocenters. The fourth-order valence-corrected chi connectivity index (χ4v) is 5.06. The Morgan fingerprint density at radius 1 is 1.03 bits per heavy atom. The molecule has 3 amide bonds. The summed E-state index contributed by atoms with van der Waals surface area (Å²) >= 11 is 0. The van der Waals surface area contributed by atoms with Crippen LogP contribution in [0.3, 0.4) is 0 Å². The van der Waals surface area contributed by atoms with Gasteiger partial charge in [-0.1, -0.05) is 24.3 Å². The number of aryl methyl sites for hydroxylation is 1. The lowest BCUT2D eigenvalue weighted by Gasteiger charge is -2.41. The van der Waals surface area contributed by atoms with Crippen molar-refractivity contribution in [3.63, 3.8) is 0 Å². The summed E-state index contributed by atoms with van der Waals surface area (Å²) in [7, 11) is 3.90. The number of halogens is 1. The Hall–Kier alpha value is -3.26. The Labute approximate surface area is 219 Å².